The van der Waals surface area contributed by atoms with Crippen molar-refractivity contribution >= 4 is 21.9 Å². The minimum Gasteiger partial charge on any atom is -0.292 e. The number of alkyl halides is 2. The van der Waals surface area contributed by atoms with Crippen LogP contribution in [0.1, 0.15) is 49.3 Å². The van der Waals surface area contributed by atoms with Gasteiger partial charge < -0.3 is 0 Å². The minimum absolute atomic E-state index is 0.332. The van der Waals surface area contributed by atoms with E-state index in [1.54, 1.807) is 32.9 Å². The quantitative estimate of drug-likeness (QED) is 0.456. The molecule has 1 rings (SSSR count). The summed E-state index contributed by atoms with van der Waals surface area (Å²) in [5.41, 5.74) is 0.321. The zero-order valence-corrected chi connectivity index (χ0v) is 12.9. The molecule has 0 amide bonds. The van der Waals surface area contributed by atoms with E-state index in [0.29, 0.717) is 22.9 Å². The van der Waals surface area contributed by atoms with Crippen LogP contribution in [0.5, 0.6) is 0 Å². The van der Waals surface area contributed by atoms with Gasteiger partial charge in [-0.3, -0.25) is 4.89 Å². The van der Waals surface area contributed by atoms with Gasteiger partial charge in [0.2, 0.25) is 0 Å². The fourth-order valence-corrected chi connectivity index (χ4v) is 1.70. The van der Waals surface area contributed by atoms with Crippen molar-refractivity contribution in [2.45, 2.75) is 39.0 Å². The Morgan fingerprint density at radius 1 is 1.32 bits per heavy atom. The Balaban J connectivity index is 2.63. The third-order valence-electron chi connectivity index (χ3n) is 2.24. The van der Waals surface area contributed by atoms with Crippen LogP contribution in [0.15, 0.2) is 24.3 Å². The standard InChI is InChI=1S/C14H18BrFO3/c1-14(2,3)19-18-13(17)11-6-4-10(5-7-11)12(16)8-9-15/h4-7,12H,8-9H2,1-3H3. The Kier molecular flexibility index (Phi) is 5.94. The molecular formula is C14H18BrFO3. The summed E-state index contributed by atoms with van der Waals surface area (Å²) >= 11 is 3.19. The fourth-order valence-electron chi connectivity index (χ4n) is 1.30. The number of rotatable bonds is 5. The van der Waals surface area contributed by atoms with Crippen LogP contribution < -0.4 is 0 Å². The first-order valence-electron chi connectivity index (χ1n) is 6.03. The molecule has 106 valence electrons. The van der Waals surface area contributed by atoms with E-state index in [1.165, 1.54) is 12.1 Å². The molecule has 0 aliphatic rings. The van der Waals surface area contributed by atoms with Gasteiger partial charge >= 0.3 is 5.97 Å². The van der Waals surface area contributed by atoms with Crippen LogP contribution in [-0.4, -0.2) is 16.9 Å². The number of hydrogen-bond acceptors (Lipinski definition) is 3. The molecule has 0 saturated carbocycles. The molecule has 3 nitrogen and oxygen atoms in total. The van der Waals surface area contributed by atoms with E-state index in [2.05, 4.69) is 15.9 Å². The molecule has 5 heteroatoms. The molecule has 19 heavy (non-hydrogen) atoms. The summed E-state index contributed by atoms with van der Waals surface area (Å²) in [6.45, 7) is 5.33. The molecule has 0 N–H and O–H groups in total. The lowest BCUT2D eigenvalue weighted by molar-refractivity contribution is -0.301. The normalized spacial score (nSPS) is 13.1. The Morgan fingerprint density at radius 2 is 1.89 bits per heavy atom. The van der Waals surface area contributed by atoms with Crippen molar-refractivity contribution in [1.82, 2.24) is 0 Å². The van der Waals surface area contributed by atoms with Gasteiger partial charge in [-0.2, -0.15) is 4.89 Å². The van der Waals surface area contributed by atoms with Gasteiger partial charge in [0.15, 0.2) is 0 Å². The smallest absolute Gasteiger partial charge is 0.292 e. The highest BCUT2D eigenvalue weighted by Crippen LogP contribution is 2.22. The van der Waals surface area contributed by atoms with Crippen LogP contribution in [0.2, 0.25) is 0 Å². The number of carbonyl (C=O) groups is 1. The molecule has 1 aromatic rings. The van der Waals surface area contributed by atoms with Gasteiger partial charge in [0.05, 0.1) is 5.56 Å². The van der Waals surface area contributed by atoms with E-state index < -0.39 is 17.7 Å². The molecule has 0 heterocycles. The second-order valence-corrected chi connectivity index (χ2v) is 5.93. The molecule has 0 fully saturated rings. The summed E-state index contributed by atoms with van der Waals surface area (Å²) in [6, 6.07) is 6.23. The lowest BCUT2D eigenvalue weighted by atomic mass is 10.1. The summed E-state index contributed by atoms with van der Waals surface area (Å²) in [7, 11) is 0. The van der Waals surface area contributed by atoms with Gasteiger partial charge in [0.1, 0.15) is 11.8 Å². The highest BCUT2D eigenvalue weighted by molar-refractivity contribution is 9.09. The first-order valence-corrected chi connectivity index (χ1v) is 7.15. The fraction of sp³-hybridized carbons (Fsp3) is 0.500. The van der Waals surface area contributed by atoms with Crippen molar-refractivity contribution in [3.05, 3.63) is 35.4 Å². The predicted molar refractivity (Wildman–Crippen MR) is 75.0 cm³/mol. The molecule has 0 bridgehead atoms. The van der Waals surface area contributed by atoms with Crippen LogP contribution in [0.25, 0.3) is 0 Å². The van der Waals surface area contributed by atoms with Crippen molar-refractivity contribution in [2.24, 2.45) is 0 Å². The molecule has 0 aliphatic heterocycles. The van der Waals surface area contributed by atoms with Gasteiger partial charge in [-0.05, 0) is 44.9 Å². The van der Waals surface area contributed by atoms with Gasteiger partial charge in [0.25, 0.3) is 0 Å². The van der Waals surface area contributed by atoms with E-state index in [4.69, 9.17) is 9.78 Å². The van der Waals surface area contributed by atoms with Crippen LogP contribution in [0.4, 0.5) is 4.39 Å². The van der Waals surface area contributed by atoms with Crippen LogP contribution in [0, 0.1) is 0 Å². The topological polar surface area (TPSA) is 35.5 Å². The second-order valence-electron chi connectivity index (χ2n) is 5.13. The highest BCUT2D eigenvalue weighted by atomic mass is 79.9. The Labute approximate surface area is 121 Å². The zero-order chi connectivity index (χ0) is 14.5. The van der Waals surface area contributed by atoms with E-state index in [0.717, 1.165) is 0 Å². The number of halogens is 2. The lowest BCUT2D eigenvalue weighted by Gasteiger charge is -2.16. The maximum Gasteiger partial charge on any atom is 0.373 e. The number of benzene rings is 1. The molecule has 0 aliphatic carbocycles. The van der Waals surface area contributed by atoms with Crippen molar-refractivity contribution in [1.29, 1.82) is 0 Å². The third kappa shape index (κ3) is 5.70. The molecule has 0 aromatic heterocycles. The summed E-state index contributed by atoms with van der Waals surface area (Å²) in [4.78, 5) is 21.3. The monoisotopic (exact) mass is 332 g/mol. The van der Waals surface area contributed by atoms with Crippen molar-refractivity contribution < 1.29 is 19.0 Å². The lowest BCUT2D eigenvalue weighted by Crippen LogP contribution is -2.21. The molecule has 0 radical (unpaired) electrons. The van der Waals surface area contributed by atoms with Gasteiger partial charge in [-0.15, -0.1) is 0 Å². The van der Waals surface area contributed by atoms with E-state index in [-0.39, 0.29) is 0 Å². The van der Waals surface area contributed by atoms with E-state index >= 15 is 0 Å². The first-order chi connectivity index (χ1) is 8.83. The Morgan fingerprint density at radius 3 is 2.37 bits per heavy atom. The molecule has 1 atom stereocenters. The van der Waals surface area contributed by atoms with Crippen LogP contribution in [-0.2, 0) is 9.78 Å². The van der Waals surface area contributed by atoms with E-state index in [9.17, 15) is 9.18 Å². The van der Waals surface area contributed by atoms with Gasteiger partial charge in [-0.1, -0.05) is 28.1 Å². The summed E-state index contributed by atoms with van der Waals surface area (Å²) < 4.78 is 13.6. The summed E-state index contributed by atoms with van der Waals surface area (Å²) in [5, 5.41) is 0.595. The Hall–Kier alpha value is -0.940. The molecule has 1 aromatic carbocycles. The number of hydrogen-bond donors (Lipinski definition) is 0. The molecule has 0 spiro atoms. The van der Waals surface area contributed by atoms with Crippen LogP contribution >= 0.6 is 15.9 Å². The SMILES string of the molecule is CC(C)(C)OOC(=O)c1ccc(C(F)CCBr)cc1. The zero-order valence-electron chi connectivity index (χ0n) is 11.3. The van der Waals surface area contributed by atoms with Gasteiger partial charge in [0, 0.05) is 5.33 Å². The largest absolute Gasteiger partial charge is 0.373 e. The summed E-state index contributed by atoms with van der Waals surface area (Å²) in [5.74, 6) is -0.586. The molecule has 0 saturated heterocycles. The number of carbonyl (C=O) groups excluding carboxylic acids is 1. The average Bonchev–Trinajstić information content (AvgIpc) is 2.35. The first kappa shape index (κ1) is 16.1. The van der Waals surface area contributed by atoms with Gasteiger partial charge in [-0.25, -0.2) is 9.18 Å². The van der Waals surface area contributed by atoms with Crippen molar-refractivity contribution in [3.63, 3.8) is 0 Å². The predicted octanol–water partition coefficient (Wildman–Crippen LogP) is 4.37. The molecule has 1 unspecified atom stereocenters. The maximum absolute atomic E-state index is 13.6. The minimum atomic E-state index is -1.03. The van der Waals surface area contributed by atoms with E-state index in [1.807, 2.05) is 0 Å². The van der Waals surface area contributed by atoms with Crippen molar-refractivity contribution in [2.75, 3.05) is 5.33 Å². The third-order valence-corrected chi connectivity index (χ3v) is 2.70. The highest BCUT2D eigenvalue weighted by Gasteiger charge is 2.17. The van der Waals surface area contributed by atoms with Crippen molar-refractivity contribution in [3.8, 4) is 0 Å². The summed E-state index contributed by atoms with van der Waals surface area (Å²) in [6.07, 6.45) is -0.632. The second kappa shape index (κ2) is 7.01. The molecular weight excluding hydrogens is 315 g/mol. The average molecular weight is 333 g/mol. The van der Waals surface area contributed by atoms with Crippen LogP contribution in [0.3, 0.4) is 0 Å². The maximum atomic E-state index is 13.6. The Bertz CT molecular complexity index is 412.